The lowest BCUT2D eigenvalue weighted by Crippen LogP contribution is -2.03. The summed E-state index contributed by atoms with van der Waals surface area (Å²) in [5.74, 6) is -1.21. The van der Waals surface area contributed by atoms with Crippen molar-refractivity contribution in [3.05, 3.63) is 23.2 Å². The second kappa shape index (κ2) is 3.43. The first-order valence-corrected chi connectivity index (χ1v) is 3.87. The Labute approximate surface area is 75.2 Å². The van der Waals surface area contributed by atoms with Gasteiger partial charge in [-0.25, -0.2) is 4.79 Å². The highest BCUT2D eigenvalue weighted by Crippen LogP contribution is 2.23. The van der Waals surface area contributed by atoms with Crippen LogP contribution in [0.15, 0.2) is 10.7 Å². The highest BCUT2D eigenvalue weighted by atomic mass is 16.4. The molecular formula is C9H10O4. The Bertz CT molecular complexity index is 335. The molecule has 0 aliphatic rings. The van der Waals surface area contributed by atoms with Gasteiger partial charge in [-0.2, -0.15) is 0 Å². The maximum Gasteiger partial charge on any atom is 0.340 e. The molecule has 0 aliphatic heterocycles. The molecule has 1 aromatic heterocycles. The van der Waals surface area contributed by atoms with E-state index in [1.54, 1.807) is 0 Å². The summed E-state index contributed by atoms with van der Waals surface area (Å²) >= 11 is 0. The largest absolute Gasteiger partial charge is 0.478 e. The molecule has 0 saturated carbocycles. The first kappa shape index (κ1) is 9.51. The lowest BCUT2D eigenvalue weighted by Gasteiger charge is -2.01. The van der Waals surface area contributed by atoms with E-state index >= 15 is 0 Å². The van der Waals surface area contributed by atoms with Gasteiger partial charge in [0.1, 0.15) is 5.56 Å². The fourth-order valence-electron chi connectivity index (χ4n) is 1.13. The zero-order chi connectivity index (χ0) is 10.0. The Hall–Kier alpha value is -1.58. The lowest BCUT2D eigenvalue weighted by molar-refractivity contribution is 0.0691. The van der Waals surface area contributed by atoms with E-state index < -0.39 is 5.97 Å². The lowest BCUT2D eigenvalue weighted by atomic mass is 10.0. The minimum atomic E-state index is -1.13. The molecule has 13 heavy (non-hydrogen) atoms. The Morgan fingerprint density at radius 2 is 2.23 bits per heavy atom. The van der Waals surface area contributed by atoms with Gasteiger partial charge in [-0.15, -0.1) is 0 Å². The third kappa shape index (κ3) is 1.61. The number of carbonyl (C=O) groups is 2. The third-order valence-electron chi connectivity index (χ3n) is 1.79. The van der Waals surface area contributed by atoms with Gasteiger partial charge in [-0.05, 0) is 5.92 Å². The standard InChI is InChI=1S/C9H10O4/c1-5(2)6-4-13-7(3-10)8(6)9(11)12/h3-5H,1-2H3,(H,11,12). The summed E-state index contributed by atoms with van der Waals surface area (Å²) < 4.78 is 4.82. The SMILES string of the molecule is CC(C)c1coc(C=O)c1C(=O)O. The molecule has 0 atom stereocenters. The van der Waals surface area contributed by atoms with Crippen molar-refractivity contribution in [2.45, 2.75) is 19.8 Å². The van der Waals surface area contributed by atoms with E-state index in [9.17, 15) is 9.59 Å². The smallest absolute Gasteiger partial charge is 0.340 e. The van der Waals surface area contributed by atoms with Crippen LogP contribution in [0.5, 0.6) is 0 Å². The number of furan rings is 1. The molecule has 0 bridgehead atoms. The summed E-state index contributed by atoms with van der Waals surface area (Å²) in [5, 5.41) is 8.80. The zero-order valence-electron chi connectivity index (χ0n) is 7.40. The molecular weight excluding hydrogens is 172 g/mol. The van der Waals surface area contributed by atoms with E-state index in [0.717, 1.165) is 0 Å². The molecule has 70 valence electrons. The topological polar surface area (TPSA) is 67.5 Å². The first-order chi connectivity index (χ1) is 6.07. The second-order valence-electron chi connectivity index (χ2n) is 3.01. The summed E-state index contributed by atoms with van der Waals surface area (Å²) in [7, 11) is 0. The Morgan fingerprint density at radius 1 is 1.62 bits per heavy atom. The van der Waals surface area contributed by atoms with Crippen molar-refractivity contribution in [3.8, 4) is 0 Å². The number of aldehydes is 1. The monoisotopic (exact) mass is 182 g/mol. The van der Waals surface area contributed by atoms with E-state index in [1.165, 1.54) is 6.26 Å². The van der Waals surface area contributed by atoms with Crippen molar-refractivity contribution >= 4 is 12.3 Å². The van der Waals surface area contributed by atoms with Gasteiger partial charge in [0.15, 0.2) is 12.0 Å². The van der Waals surface area contributed by atoms with Crippen LogP contribution in [0.3, 0.4) is 0 Å². The van der Waals surface area contributed by atoms with Crippen LogP contribution in [0.2, 0.25) is 0 Å². The Morgan fingerprint density at radius 3 is 2.62 bits per heavy atom. The number of carboxylic acid groups (broad SMARTS) is 1. The summed E-state index contributed by atoms with van der Waals surface area (Å²) in [4.78, 5) is 21.2. The molecule has 0 saturated heterocycles. The Balaban J connectivity index is 3.29. The quantitative estimate of drug-likeness (QED) is 0.725. The molecule has 1 aromatic rings. The molecule has 0 aliphatic carbocycles. The van der Waals surface area contributed by atoms with E-state index in [-0.39, 0.29) is 17.2 Å². The van der Waals surface area contributed by atoms with Gasteiger partial charge in [-0.1, -0.05) is 13.8 Å². The van der Waals surface area contributed by atoms with Crippen LogP contribution in [0.1, 0.15) is 46.2 Å². The molecule has 0 amide bonds. The van der Waals surface area contributed by atoms with Gasteiger partial charge < -0.3 is 9.52 Å². The van der Waals surface area contributed by atoms with Gasteiger partial charge in [0.2, 0.25) is 0 Å². The maximum atomic E-state index is 10.7. The molecule has 1 heterocycles. The molecule has 0 spiro atoms. The van der Waals surface area contributed by atoms with Crippen LogP contribution in [0, 0.1) is 0 Å². The third-order valence-corrected chi connectivity index (χ3v) is 1.79. The fourth-order valence-corrected chi connectivity index (χ4v) is 1.13. The van der Waals surface area contributed by atoms with Crippen molar-refractivity contribution in [3.63, 3.8) is 0 Å². The second-order valence-corrected chi connectivity index (χ2v) is 3.01. The zero-order valence-corrected chi connectivity index (χ0v) is 7.40. The van der Waals surface area contributed by atoms with Crippen LogP contribution < -0.4 is 0 Å². The van der Waals surface area contributed by atoms with Crippen LogP contribution in [0.25, 0.3) is 0 Å². The van der Waals surface area contributed by atoms with Gasteiger partial charge in [0.25, 0.3) is 0 Å². The summed E-state index contributed by atoms with van der Waals surface area (Å²) in [6.45, 7) is 3.68. The molecule has 1 rings (SSSR count). The summed E-state index contributed by atoms with van der Waals surface area (Å²) in [6, 6.07) is 0. The minimum absolute atomic E-state index is 0.0231. The van der Waals surface area contributed by atoms with Crippen LogP contribution >= 0.6 is 0 Å². The Kier molecular flexibility index (Phi) is 2.51. The van der Waals surface area contributed by atoms with Crippen LogP contribution in [0.4, 0.5) is 0 Å². The van der Waals surface area contributed by atoms with Crippen LogP contribution in [-0.4, -0.2) is 17.4 Å². The molecule has 4 nitrogen and oxygen atoms in total. The van der Waals surface area contributed by atoms with Crippen molar-refractivity contribution in [2.24, 2.45) is 0 Å². The summed E-state index contributed by atoms with van der Waals surface area (Å²) in [5.41, 5.74) is 0.527. The average molecular weight is 182 g/mol. The maximum absolute atomic E-state index is 10.7. The number of hydrogen-bond donors (Lipinski definition) is 1. The summed E-state index contributed by atoms with van der Waals surface area (Å²) in [6.07, 6.45) is 1.73. The number of hydrogen-bond acceptors (Lipinski definition) is 3. The number of carbonyl (C=O) groups excluding carboxylic acids is 1. The highest BCUT2D eigenvalue weighted by molar-refractivity contribution is 5.97. The van der Waals surface area contributed by atoms with Gasteiger partial charge >= 0.3 is 5.97 Å². The van der Waals surface area contributed by atoms with Crippen LogP contribution in [-0.2, 0) is 0 Å². The van der Waals surface area contributed by atoms with Crippen molar-refractivity contribution in [1.82, 2.24) is 0 Å². The number of carboxylic acids is 1. The van der Waals surface area contributed by atoms with Gasteiger partial charge in [0, 0.05) is 5.56 Å². The first-order valence-electron chi connectivity index (χ1n) is 3.87. The van der Waals surface area contributed by atoms with Crippen molar-refractivity contribution in [2.75, 3.05) is 0 Å². The van der Waals surface area contributed by atoms with E-state index in [2.05, 4.69) is 0 Å². The van der Waals surface area contributed by atoms with Gasteiger partial charge in [-0.3, -0.25) is 4.79 Å². The molecule has 4 heteroatoms. The molecule has 0 unspecified atom stereocenters. The molecule has 0 fully saturated rings. The van der Waals surface area contributed by atoms with Crippen molar-refractivity contribution < 1.29 is 19.1 Å². The van der Waals surface area contributed by atoms with Gasteiger partial charge in [0.05, 0.1) is 6.26 Å². The fraction of sp³-hybridized carbons (Fsp3) is 0.333. The van der Waals surface area contributed by atoms with E-state index in [1.807, 2.05) is 13.8 Å². The predicted octanol–water partition coefficient (Wildman–Crippen LogP) is 1.91. The predicted molar refractivity (Wildman–Crippen MR) is 45.1 cm³/mol. The van der Waals surface area contributed by atoms with E-state index in [4.69, 9.17) is 9.52 Å². The average Bonchev–Trinajstić information content (AvgIpc) is 2.46. The van der Waals surface area contributed by atoms with E-state index in [0.29, 0.717) is 11.8 Å². The highest BCUT2D eigenvalue weighted by Gasteiger charge is 2.21. The van der Waals surface area contributed by atoms with Crippen molar-refractivity contribution in [1.29, 1.82) is 0 Å². The number of rotatable bonds is 3. The molecule has 0 radical (unpaired) electrons. The molecule has 0 aromatic carbocycles. The number of aromatic carboxylic acids is 1. The minimum Gasteiger partial charge on any atom is -0.478 e. The normalized spacial score (nSPS) is 10.4. The molecule has 1 N–H and O–H groups in total.